The minimum atomic E-state index is -0.00388. The number of pyridine rings is 1. The number of hydrogen-bond donors (Lipinski definition) is 3. The third kappa shape index (κ3) is 4.66. The number of likely N-dealkylation sites (tertiary alicyclic amines) is 1. The lowest BCUT2D eigenvalue weighted by Crippen LogP contribution is -2.41. The summed E-state index contributed by atoms with van der Waals surface area (Å²) in [6.45, 7) is 1.57. The number of amides is 2. The number of nitrogens with two attached hydrogens (primary N) is 1. The van der Waals surface area contributed by atoms with Gasteiger partial charge in [0.15, 0.2) is 5.82 Å². The van der Waals surface area contributed by atoms with Gasteiger partial charge in [-0.3, -0.25) is 9.59 Å². The Morgan fingerprint density at radius 3 is 2.70 bits per heavy atom. The van der Waals surface area contributed by atoms with E-state index in [2.05, 4.69) is 38.0 Å². The van der Waals surface area contributed by atoms with Gasteiger partial charge in [0, 0.05) is 61.0 Å². The van der Waals surface area contributed by atoms with Gasteiger partial charge in [-0.2, -0.15) is 0 Å². The molecule has 0 radical (unpaired) electrons. The number of benzene rings is 2. The molecule has 4 N–H and O–H groups in total. The number of nitrogens with one attached hydrogen (secondary N) is 2. The largest absolute Gasteiger partial charge is 0.494 e. The number of imidazole rings is 1. The number of anilines is 3. The lowest BCUT2D eigenvalue weighted by Gasteiger charge is -2.27. The zero-order valence-corrected chi connectivity index (χ0v) is 26.6. The topological polar surface area (TPSA) is 132 Å². The second-order valence-corrected chi connectivity index (χ2v) is 13.7. The van der Waals surface area contributed by atoms with Crippen molar-refractivity contribution in [3.05, 3.63) is 59.7 Å². The molecule has 3 atom stereocenters. The van der Waals surface area contributed by atoms with Crippen molar-refractivity contribution < 1.29 is 14.3 Å². The van der Waals surface area contributed by atoms with Gasteiger partial charge in [0.25, 0.3) is 5.91 Å². The van der Waals surface area contributed by atoms with Crippen LogP contribution in [-0.2, 0) is 24.8 Å². The van der Waals surface area contributed by atoms with Crippen molar-refractivity contribution in [2.45, 2.75) is 57.2 Å². The molecule has 4 aliphatic rings. The normalized spacial score (nSPS) is 21.8. The Labute approximate surface area is 272 Å². The van der Waals surface area contributed by atoms with E-state index in [1.54, 1.807) is 7.11 Å². The zero-order chi connectivity index (χ0) is 32.0. The molecule has 2 aliphatic heterocycles. The van der Waals surface area contributed by atoms with Crippen LogP contribution in [-0.4, -0.2) is 61.6 Å². The number of aryl methyl sites for hydroxylation is 2. The van der Waals surface area contributed by atoms with Crippen LogP contribution in [0.2, 0.25) is 0 Å². The van der Waals surface area contributed by atoms with Crippen molar-refractivity contribution in [1.82, 2.24) is 24.0 Å². The highest BCUT2D eigenvalue weighted by Crippen LogP contribution is 2.40. The summed E-state index contributed by atoms with van der Waals surface area (Å²) in [5.41, 5.74) is 13.4. The Morgan fingerprint density at radius 2 is 1.94 bits per heavy atom. The number of methoxy groups -OCH3 is 1. The fraction of sp³-hybridized carbons (Fsp3) is 0.389. The zero-order valence-electron chi connectivity index (χ0n) is 26.6. The van der Waals surface area contributed by atoms with Crippen LogP contribution in [0.1, 0.15) is 48.0 Å². The van der Waals surface area contributed by atoms with Crippen LogP contribution in [0.15, 0.2) is 48.5 Å². The molecule has 2 saturated carbocycles. The van der Waals surface area contributed by atoms with Crippen molar-refractivity contribution in [1.29, 1.82) is 0 Å². The number of nitrogens with zero attached hydrogens (tertiary/aromatic N) is 5. The highest BCUT2D eigenvalue weighted by atomic mass is 16.5. The Morgan fingerprint density at radius 1 is 1.06 bits per heavy atom. The van der Waals surface area contributed by atoms with Gasteiger partial charge in [0.1, 0.15) is 22.7 Å². The molecule has 2 aromatic carbocycles. The first kappa shape index (κ1) is 28.3. The Hall–Kier alpha value is -4.90. The quantitative estimate of drug-likeness (QED) is 0.225. The third-order valence-corrected chi connectivity index (χ3v) is 10.7. The van der Waals surface area contributed by atoms with Crippen molar-refractivity contribution in [3.63, 3.8) is 0 Å². The first-order chi connectivity index (χ1) is 22.8. The minimum Gasteiger partial charge on any atom is -0.494 e. The molecule has 3 aromatic heterocycles. The van der Waals surface area contributed by atoms with E-state index < -0.39 is 0 Å². The molecule has 5 aromatic rings. The predicted molar refractivity (Wildman–Crippen MR) is 181 cm³/mol. The number of aromatic nitrogens is 4. The molecular formula is C36H38N8O3. The van der Waals surface area contributed by atoms with Crippen LogP contribution in [0.5, 0.6) is 5.75 Å². The maximum Gasteiger partial charge on any atom is 0.254 e. The Balaban J connectivity index is 1.09. The molecule has 1 saturated heterocycles. The molecule has 0 spiro atoms. The number of carbonyl (C=O) groups is 2. The van der Waals surface area contributed by atoms with E-state index in [4.69, 9.17) is 20.4 Å². The second kappa shape index (κ2) is 10.6. The third-order valence-electron chi connectivity index (χ3n) is 10.7. The van der Waals surface area contributed by atoms with Gasteiger partial charge in [-0.05, 0) is 98.0 Å². The minimum absolute atomic E-state index is 0.00388. The average Bonchev–Trinajstić information content (AvgIpc) is 3.48. The highest BCUT2D eigenvalue weighted by Gasteiger charge is 2.47. The van der Waals surface area contributed by atoms with E-state index in [0.717, 1.165) is 82.1 Å². The van der Waals surface area contributed by atoms with Gasteiger partial charge in [-0.15, -0.1) is 0 Å². The maximum atomic E-state index is 13.7. The van der Waals surface area contributed by atoms with Gasteiger partial charge in [0.05, 0.1) is 18.3 Å². The van der Waals surface area contributed by atoms with Crippen LogP contribution < -0.4 is 21.1 Å². The maximum absolute atomic E-state index is 13.7. The van der Waals surface area contributed by atoms with Crippen LogP contribution in [0.3, 0.4) is 0 Å². The monoisotopic (exact) mass is 630 g/mol. The molecule has 3 fully saturated rings. The summed E-state index contributed by atoms with van der Waals surface area (Å²) in [6, 6.07) is 16.2. The number of ether oxygens (including phenoxy) is 1. The van der Waals surface area contributed by atoms with E-state index in [9.17, 15) is 9.59 Å². The first-order valence-corrected chi connectivity index (χ1v) is 16.7. The summed E-state index contributed by atoms with van der Waals surface area (Å²) >= 11 is 0. The molecule has 11 heteroatoms. The van der Waals surface area contributed by atoms with Gasteiger partial charge in [-0.1, -0.05) is 0 Å². The number of carbonyl (C=O) groups excluding carboxylic acids is 2. The molecule has 0 unspecified atom stereocenters. The van der Waals surface area contributed by atoms with Gasteiger partial charge >= 0.3 is 0 Å². The van der Waals surface area contributed by atoms with Crippen LogP contribution in [0.25, 0.3) is 33.6 Å². The lowest BCUT2D eigenvalue weighted by molar-refractivity contribution is -0.116. The van der Waals surface area contributed by atoms with Crippen molar-refractivity contribution in [2.75, 3.05) is 24.3 Å². The summed E-state index contributed by atoms with van der Waals surface area (Å²) < 4.78 is 10.2. The Bertz CT molecular complexity index is 2110. The van der Waals surface area contributed by atoms with Crippen LogP contribution >= 0.6 is 0 Å². The molecule has 5 heterocycles. The average molecular weight is 631 g/mol. The van der Waals surface area contributed by atoms with E-state index in [1.807, 2.05) is 42.3 Å². The number of rotatable bonds is 7. The van der Waals surface area contributed by atoms with E-state index in [-0.39, 0.29) is 23.9 Å². The van der Waals surface area contributed by atoms with Gasteiger partial charge in [-0.25, -0.2) is 9.97 Å². The SMILES string of the molecule is COc1cc(C(=O)N2C[C@H]3CC[C@@H]2[C@@H]3N)cc2nc(-c3cc4ccc(Nc5ccc6c(c5)CCC(=O)N6)nc4n3CC3CC3)n(C)c12. The summed E-state index contributed by atoms with van der Waals surface area (Å²) in [7, 11) is 3.65. The summed E-state index contributed by atoms with van der Waals surface area (Å²) in [5.74, 6) is 3.23. The van der Waals surface area contributed by atoms with E-state index in [0.29, 0.717) is 36.1 Å². The Kier molecular flexibility index (Phi) is 6.37. The van der Waals surface area contributed by atoms with Gasteiger partial charge < -0.3 is 35.1 Å². The summed E-state index contributed by atoms with van der Waals surface area (Å²) in [5, 5.41) is 7.47. The van der Waals surface area contributed by atoms with Crippen molar-refractivity contribution in [3.8, 4) is 17.3 Å². The lowest BCUT2D eigenvalue weighted by atomic mass is 10.0. The molecule has 2 aliphatic carbocycles. The molecule has 9 rings (SSSR count). The van der Waals surface area contributed by atoms with Crippen LogP contribution in [0.4, 0.5) is 17.2 Å². The van der Waals surface area contributed by atoms with Crippen molar-refractivity contribution >= 4 is 51.1 Å². The second-order valence-electron chi connectivity index (χ2n) is 13.7. The number of fused-ring (bicyclic) bond motifs is 5. The number of hydrogen-bond acceptors (Lipinski definition) is 7. The van der Waals surface area contributed by atoms with Crippen molar-refractivity contribution in [2.24, 2.45) is 24.6 Å². The molecule has 2 amide bonds. The fourth-order valence-corrected chi connectivity index (χ4v) is 8.00. The molecule has 47 heavy (non-hydrogen) atoms. The smallest absolute Gasteiger partial charge is 0.254 e. The highest BCUT2D eigenvalue weighted by molar-refractivity contribution is 6.00. The molecule has 2 bridgehead atoms. The summed E-state index contributed by atoms with van der Waals surface area (Å²) in [6.07, 6.45) is 5.69. The molecular weight excluding hydrogens is 592 g/mol. The number of piperidine rings is 1. The molecule has 240 valence electrons. The first-order valence-electron chi connectivity index (χ1n) is 16.7. The van der Waals surface area contributed by atoms with Gasteiger partial charge in [0.2, 0.25) is 5.91 Å². The van der Waals surface area contributed by atoms with E-state index in [1.165, 1.54) is 12.8 Å². The molecule has 11 nitrogen and oxygen atoms in total. The fourth-order valence-electron chi connectivity index (χ4n) is 8.00. The standard InChI is InChI=1S/C36H38N8O3/c1-42-33-26(14-23(16-29(33)47-2)36(46)44-18-22-5-10-27(44)32(22)37)40-35(42)28-15-21-6-11-30(41-34(21)43(28)17-19-3-4-19)38-24-8-9-25-20(13-24)7-12-31(45)39-25/h6,8-9,11,13-16,19,22,27,32H,3-5,7,10,12,17-18,37H2,1-2H3,(H,38,41)(H,39,45)/t22-,27-,32-/m1/s1. The summed E-state index contributed by atoms with van der Waals surface area (Å²) in [4.78, 5) is 37.7. The van der Waals surface area contributed by atoms with Crippen LogP contribution in [0, 0.1) is 11.8 Å². The predicted octanol–water partition coefficient (Wildman–Crippen LogP) is 5.20. The van der Waals surface area contributed by atoms with E-state index >= 15 is 0 Å².